The number of aliphatic carboxylic acids is 1. The molecule has 1 fully saturated rings. The van der Waals surface area contributed by atoms with Crippen LogP contribution in [0.3, 0.4) is 0 Å². The van der Waals surface area contributed by atoms with Crippen molar-refractivity contribution in [3.05, 3.63) is 64.4 Å². The van der Waals surface area contributed by atoms with E-state index in [1.54, 1.807) is 0 Å². The number of halogens is 3. The maximum atomic E-state index is 13.6. The third-order valence-corrected chi connectivity index (χ3v) is 7.50. The summed E-state index contributed by atoms with van der Waals surface area (Å²) in [4.78, 5) is 41.7. The number of carboxylic acids is 1. The third kappa shape index (κ3) is 9.30. The van der Waals surface area contributed by atoms with Gasteiger partial charge in [0, 0.05) is 22.3 Å². The number of carbonyl (C=O) groups is 2. The van der Waals surface area contributed by atoms with Gasteiger partial charge in [-0.15, -0.1) is 0 Å². The van der Waals surface area contributed by atoms with E-state index in [1.165, 1.54) is 49.4 Å². The summed E-state index contributed by atoms with van der Waals surface area (Å²) in [5.41, 5.74) is -3.50. The molecule has 2 aromatic carbocycles. The van der Waals surface area contributed by atoms with Crippen molar-refractivity contribution in [3.63, 3.8) is 0 Å². The number of aromatic amines is 1. The number of hydrogen-bond donors (Lipinski definition) is 3. The molecule has 0 aliphatic carbocycles. The van der Waals surface area contributed by atoms with Gasteiger partial charge in [0.05, 0.1) is 78.2 Å². The Morgan fingerprint density at radius 1 is 0.917 bits per heavy atom. The lowest BCUT2D eigenvalue weighted by molar-refractivity contribution is -0.178. The van der Waals surface area contributed by atoms with E-state index in [2.05, 4.69) is 4.98 Å². The zero-order chi connectivity index (χ0) is 34.7. The number of carbonyl (C=O) groups excluding carboxylic acids is 1. The second kappa shape index (κ2) is 16.9. The fraction of sp³-hybridized carbons (Fsp3) is 0.469. The molecular weight excluding hydrogens is 645 g/mol. The average molecular weight is 683 g/mol. The van der Waals surface area contributed by atoms with E-state index in [4.69, 9.17) is 33.5 Å². The number of aliphatic hydroxyl groups excluding tert-OH is 1. The van der Waals surface area contributed by atoms with Crippen LogP contribution in [0.15, 0.2) is 53.3 Å². The van der Waals surface area contributed by atoms with E-state index < -0.39 is 41.1 Å². The van der Waals surface area contributed by atoms with E-state index in [0.717, 1.165) is 11.0 Å². The van der Waals surface area contributed by atoms with Gasteiger partial charge in [0.1, 0.15) is 0 Å². The summed E-state index contributed by atoms with van der Waals surface area (Å²) < 4.78 is 72.9. The summed E-state index contributed by atoms with van der Waals surface area (Å²) in [7, 11) is 0. The van der Waals surface area contributed by atoms with Crippen molar-refractivity contribution in [1.29, 1.82) is 0 Å². The molecule has 1 aliphatic heterocycles. The van der Waals surface area contributed by atoms with Crippen LogP contribution in [0.1, 0.15) is 12.5 Å². The number of rotatable bonds is 19. The molecular formula is C32H37F3N2O11. The molecule has 0 bridgehead atoms. The fourth-order valence-electron chi connectivity index (χ4n) is 4.92. The smallest absolute Gasteiger partial charge is 0.417 e. The number of cyclic esters (lactones) is 1. The van der Waals surface area contributed by atoms with Gasteiger partial charge in [-0.3, -0.25) is 9.69 Å². The topological polar surface area (TPSA) is 166 Å². The number of ether oxygens (including phenoxy) is 6. The number of anilines is 1. The largest absolute Gasteiger partial charge is 0.479 e. The molecule has 262 valence electrons. The second-order valence-corrected chi connectivity index (χ2v) is 10.7. The van der Waals surface area contributed by atoms with Gasteiger partial charge < -0.3 is 43.6 Å². The van der Waals surface area contributed by atoms with Crippen molar-refractivity contribution in [2.24, 2.45) is 0 Å². The summed E-state index contributed by atoms with van der Waals surface area (Å²) in [6, 6.07) is 10.6. The highest BCUT2D eigenvalue weighted by Crippen LogP contribution is 2.37. The number of fused-ring (bicyclic) bond motifs is 1. The van der Waals surface area contributed by atoms with Gasteiger partial charge in [0.15, 0.2) is 6.10 Å². The molecule has 13 nitrogen and oxygen atoms in total. The molecule has 3 aromatic rings. The first-order valence-corrected chi connectivity index (χ1v) is 15.1. The summed E-state index contributed by atoms with van der Waals surface area (Å²) >= 11 is 0. The highest BCUT2D eigenvalue weighted by atomic mass is 19.4. The fourth-order valence-corrected chi connectivity index (χ4v) is 4.92. The lowest BCUT2D eigenvalue weighted by Gasteiger charge is -2.29. The van der Waals surface area contributed by atoms with Gasteiger partial charge >= 0.3 is 18.2 Å². The number of pyridine rings is 1. The molecule has 48 heavy (non-hydrogen) atoms. The Hall–Kier alpha value is -4.06. The highest BCUT2D eigenvalue weighted by molar-refractivity contribution is 5.95. The van der Waals surface area contributed by atoms with Crippen LogP contribution in [0.2, 0.25) is 0 Å². The SMILES string of the molecule is C[C@@](OCCOCCOCCOCCOCCO)(C(=O)O)C1CN(c2ccc3cc(-c4ccccc4C(F)(F)F)[nH]c(=O)c3c2)C(=O)O1. The van der Waals surface area contributed by atoms with Gasteiger partial charge in [-0.1, -0.05) is 24.3 Å². The highest BCUT2D eigenvalue weighted by Gasteiger charge is 2.51. The molecule has 1 amide bonds. The van der Waals surface area contributed by atoms with E-state index in [1.807, 2.05) is 0 Å². The molecule has 4 rings (SSSR count). The molecule has 1 aromatic heterocycles. The minimum atomic E-state index is -4.63. The maximum Gasteiger partial charge on any atom is 0.417 e. The summed E-state index contributed by atoms with van der Waals surface area (Å²) in [5.74, 6) is -1.37. The number of hydrogen-bond acceptors (Lipinski definition) is 10. The van der Waals surface area contributed by atoms with Gasteiger partial charge in [-0.25, -0.2) is 9.59 Å². The quantitative estimate of drug-likeness (QED) is 0.159. The molecule has 0 radical (unpaired) electrons. The Balaban J connectivity index is 1.31. The molecule has 1 aliphatic rings. The van der Waals surface area contributed by atoms with Crippen molar-refractivity contribution in [3.8, 4) is 11.3 Å². The number of amides is 1. The Morgan fingerprint density at radius 2 is 1.52 bits per heavy atom. The number of aliphatic hydroxyl groups is 1. The van der Waals surface area contributed by atoms with Crippen LogP contribution in [0, 0.1) is 0 Å². The van der Waals surface area contributed by atoms with Crippen molar-refractivity contribution in [1.82, 2.24) is 4.98 Å². The first-order chi connectivity index (χ1) is 23.0. The van der Waals surface area contributed by atoms with E-state index >= 15 is 0 Å². The number of H-pyrrole nitrogens is 1. The lowest BCUT2D eigenvalue weighted by atomic mass is 9.98. The van der Waals surface area contributed by atoms with Crippen LogP contribution in [-0.4, -0.2) is 112 Å². The van der Waals surface area contributed by atoms with Crippen molar-refractivity contribution in [2.45, 2.75) is 24.8 Å². The summed E-state index contributed by atoms with van der Waals surface area (Å²) in [6.07, 6.45) is -6.73. The van der Waals surface area contributed by atoms with Crippen molar-refractivity contribution < 1.29 is 61.4 Å². The molecule has 1 unspecified atom stereocenters. The molecule has 3 N–H and O–H groups in total. The minimum Gasteiger partial charge on any atom is -0.479 e. The van der Waals surface area contributed by atoms with E-state index in [0.29, 0.717) is 31.8 Å². The predicted molar refractivity (Wildman–Crippen MR) is 165 cm³/mol. The molecule has 0 saturated carbocycles. The van der Waals surface area contributed by atoms with Crippen LogP contribution in [0.25, 0.3) is 22.0 Å². The van der Waals surface area contributed by atoms with Crippen LogP contribution in [-0.2, 0) is 39.4 Å². The zero-order valence-electron chi connectivity index (χ0n) is 26.1. The monoisotopic (exact) mass is 682 g/mol. The minimum absolute atomic E-state index is 0.0256. The lowest BCUT2D eigenvalue weighted by Crippen LogP contribution is -2.51. The molecule has 16 heteroatoms. The normalized spacial score (nSPS) is 16.3. The number of carboxylic acid groups (broad SMARTS) is 1. The first-order valence-electron chi connectivity index (χ1n) is 15.1. The van der Waals surface area contributed by atoms with Gasteiger partial charge in [-0.2, -0.15) is 13.2 Å². The Morgan fingerprint density at radius 3 is 2.12 bits per heavy atom. The van der Waals surface area contributed by atoms with Gasteiger partial charge in [-0.05, 0) is 36.6 Å². The number of aromatic nitrogens is 1. The molecule has 2 atom stereocenters. The maximum absolute atomic E-state index is 13.6. The third-order valence-electron chi connectivity index (χ3n) is 7.50. The molecule has 1 saturated heterocycles. The summed E-state index contributed by atoms with van der Waals surface area (Å²) in [6.45, 7) is 3.12. The number of nitrogens with one attached hydrogen (secondary N) is 1. The Labute approximate surface area is 273 Å². The first kappa shape index (κ1) is 36.8. The Kier molecular flexibility index (Phi) is 12.9. The second-order valence-electron chi connectivity index (χ2n) is 10.7. The van der Waals surface area contributed by atoms with Crippen LogP contribution >= 0.6 is 0 Å². The molecule has 2 heterocycles. The van der Waals surface area contributed by atoms with Gasteiger partial charge in [0.2, 0.25) is 5.60 Å². The van der Waals surface area contributed by atoms with E-state index in [-0.39, 0.29) is 68.5 Å². The number of benzene rings is 2. The van der Waals surface area contributed by atoms with E-state index in [9.17, 15) is 32.7 Å². The van der Waals surface area contributed by atoms with Crippen LogP contribution in [0.5, 0.6) is 0 Å². The molecule has 0 spiro atoms. The van der Waals surface area contributed by atoms with Crippen molar-refractivity contribution >= 4 is 28.5 Å². The standard InChI is InChI=1S/C32H37F3N2O11/c1-31(29(40)41,47-17-16-46-15-14-45-13-12-44-11-10-43-9-8-38)27-20-37(30(42)48-27)22-7-6-21-18-26(36-28(39)24(21)19-22)23-4-2-3-5-25(23)32(33,34)35/h2-7,18-19,27,38H,8-17,20H2,1H3,(H,36,39)(H,40,41)/t27?,31-/m0/s1. The van der Waals surface area contributed by atoms with Crippen LogP contribution in [0.4, 0.5) is 23.7 Å². The summed E-state index contributed by atoms with van der Waals surface area (Å²) in [5, 5.41) is 19.0. The average Bonchev–Trinajstić information content (AvgIpc) is 3.46. The Bertz CT molecular complexity index is 1600. The number of nitrogens with zero attached hydrogens (tertiary/aromatic N) is 1. The van der Waals surface area contributed by atoms with Gasteiger partial charge in [0.25, 0.3) is 5.56 Å². The zero-order valence-corrected chi connectivity index (χ0v) is 26.1. The van der Waals surface area contributed by atoms with Crippen molar-refractivity contribution in [2.75, 3.05) is 77.5 Å². The predicted octanol–water partition coefficient (Wildman–Crippen LogP) is 3.46. The van der Waals surface area contributed by atoms with Crippen LogP contribution < -0.4 is 10.5 Å². The number of alkyl halides is 3.